The Bertz CT molecular complexity index is 638. The highest BCUT2D eigenvalue weighted by atomic mass is 35.5. The quantitative estimate of drug-likeness (QED) is 0.793. The van der Waals surface area contributed by atoms with Gasteiger partial charge in [0.15, 0.2) is 5.78 Å². The van der Waals surface area contributed by atoms with E-state index in [1.165, 1.54) is 19.2 Å². The number of carbonyl (C=O) groups is 1. The second kappa shape index (κ2) is 5.41. The number of carbonyl (C=O) groups excluding carboxylic acids is 1. The fourth-order valence-corrected chi connectivity index (χ4v) is 1.97. The molecule has 0 heterocycles. The van der Waals surface area contributed by atoms with Crippen LogP contribution in [0.1, 0.15) is 21.5 Å². The minimum absolute atomic E-state index is 0.0457. The number of aryl methyl sites for hydroxylation is 1. The molecule has 0 amide bonds. The first-order chi connectivity index (χ1) is 9.04. The van der Waals surface area contributed by atoms with E-state index in [2.05, 4.69) is 0 Å². The van der Waals surface area contributed by atoms with Gasteiger partial charge < -0.3 is 4.74 Å². The van der Waals surface area contributed by atoms with Crippen LogP contribution in [0.5, 0.6) is 5.75 Å². The van der Waals surface area contributed by atoms with Gasteiger partial charge in [0.05, 0.1) is 17.7 Å². The SMILES string of the molecule is COc1cc(C(=O)c2cccc(C)c2F)ccc1Cl. The summed E-state index contributed by atoms with van der Waals surface area (Å²) < 4.78 is 19.0. The molecule has 98 valence electrons. The Morgan fingerprint density at radius 2 is 2.00 bits per heavy atom. The average Bonchev–Trinajstić information content (AvgIpc) is 2.41. The molecule has 2 rings (SSSR count). The van der Waals surface area contributed by atoms with Gasteiger partial charge in [-0.3, -0.25) is 4.79 Å². The Balaban J connectivity index is 2.47. The molecule has 19 heavy (non-hydrogen) atoms. The zero-order valence-corrected chi connectivity index (χ0v) is 11.3. The number of hydrogen-bond donors (Lipinski definition) is 0. The second-order valence-corrected chi connectivity index (χ2v) is 4.52. The summed E-state index contributed by atoms with van der Waals surface area (Å²) in [5.74, 6) is -0.502. The van der Waals surface area contributed by atoms with Crippen molar-refractivity contribution in [3.63, 3.8) is 0 Å². The van der Waals surface area contributed by atoms with Crippen LogP contribution in [0.3, 0.4) is 0 Å². The molecule has 0 fully saturated rings. The highest BCUT2D eigenvalue weighted by Gasteiger charge is 2.16. The van der Waals surface area contributed by atoms with Gasteiger partial charge in [-0.05, 0) is 36.8 Å². The molecule has 2 aromatic rings. The molecule has 0 aliphatic carbocycles. The standard InChI is InChI=1S/C15H12ClFO2/c1-9-4-3-5-11(14(9)17)15(18)10-6-7-12(16)13(8-10)19-2/h3-8H,1-2H3. The first kappa shape index (κ1) is 13.6. The van der Waals surface area contributed by atoms with Crippen LogP contribution in [0.15, 0.2) is 36.4 Å². The smallest absolute Gasteiger partial charge is 0.196 e. The van der Waals surface area contributed by atoms with Crippen LogP contribution < -0.4 is 4.74 Å². The third-order valence-electron chi connectivity index (χ3n) is 2.85. The van der Waals surface area contributed by atoms with Crippen LogP contribution in [0.2, 0.25) is 5.02 Å². The maximum Gasteiger partial charge on any atom is 0.196 e. The van der Waals surface area contributed by atoms with Crippen LogP contribution in [0.25, 0.3) is 0 Å². The largest absolute Gasteiger partial charge is 0.495 e. The Hall–Kier alpha value is -1.87. The van der Waals surface area contributed by atoms with Crippen molar-refractivity contribution in [2.45, 2.75) is 6.92 Å². The minimum Gasteiger partial charge on any atom is -0.495 e. The Kier molecular flexibility index (Phi) is 3.86. The first-order valence-corrected chi connectivity index (χ1v) is 6.05. The van der Waals surface area contributed by atoms with Gasteiger partial charge in [-0.2, -0.15) is 0 Å². The molecule has 0 saturated heterocycles. The molecule has 0 radical (unpaired) electrons. The van der Waals surface area contributed by atoms with Crippen LogP contribution in [0.4, 0.5) is 4.39 Å². The molecule has 0 aliphatic rings. The van der Waals surface area contributed by atoms with Crippen molar-refractivity contribution < 1.29 is 13.9 Å². The lowest BCUT2D eigenvalue weighted by molar-refractivity contribution is 0.103. The fraction of sp³-hybridized carbons (Fsp3) is 0.133. The summed E-state index contributed by atoms with van der Waals surface area (Å²) in [6, 6.07) is 9.35. The normalized spacial score (nSPS) is 10.3. The average molecular weight is 279 g/mol. The number of halogens is 2. The van der Waals surface area contributed by atoms with E-state index in [0.717, 1.165) is 0 Å². The highest BCUT2D eigenvalue weighted by Crippen LogP contribution is 2.26. The lowest BCUT2D eigenvalue weighted by Crippen LogP contribution is -2.05. The van der Waals surface area contributed by atoms with E-state index < -0.39 is 11.6 Å². The highest BCUT2D eigenvalue weighted by molar-refractivity contribution is 6.32. The third kappa shape index (κ3) is 2.61. The van der Waals surface area contributed by atoms with Crippen molar-refractivity contribution in [2.24, 2.45) is 0 Å². The molecule has 2 aromatic carbocycles. The molecule has 0 aromatic heterocycles. The number of benzene rings is 2. The maximum atomic E-state index is 13.9. The van der Waals surface area contributed by atoms with E-state index in [1.807, 2.05) is 0 Å². The summed E-state index contributed by atoms with van der Waals surface area (Å²) in [5, 5.41) is 0.406. The molecule has 0 atom stereocenters. The maximum absolute atomic E-state index is 13.9. The molecule has 2 nitrogen and oxygen atoms in total. The Morgan fingerprint density at radius 3 is 2.68 bits per heavy atom. The van der Waals surface area contributed by atoms with Crippen LogP contribution >= 0.6 is 11.6 Å². The third-order valence-corrected chi connectivity index (χ3v) is 3.16. The van der Waals surface area contributed by atoms with Gasteiger partial charge in [-0.15, -0.1) is 0 Å². The predicted molar refractivity (Wildman–Crippen MR) is 72.6 cm³/mol. The van der Waals surface area contributed by atoms with Gasteiger partial charge in [-0.25, -0.2) is 4.39 Å². The molecule has 0 aliphatic heterocycles. The number of ether oxygens (including phenoxy) is 1. The van der Waals surface area contributed by atoms with Crippen LogP contribution in [0, 0.1) is 12.7 Å². The number of methoxy groups -OCH3 is 1. The molecule has 0 saturated carbocycles. The van der Waals surface area contributed by atoms with Crippen LogP contribution in [-0.4, -0.2) is 12.9 Å². The lowest BCUT2D eigenvalue weighted by atomic mass is 10.0. The molecule has 0 bridgehead atoms. The van der Waals surface area contributed by atoms with E-state index in [-0.39, 0.29) is 5.56 Å². The molecular weight excluding hydrogens is 267 g/mol. The van der Waals surface area contributed by atoms with Gasteiger partial charge in [-0.1, -0.05) is 23.7 Å². The number of hydrogen-bond acceptors (Lipinski definition) is 2. The van der Waals surface area contributed by atoms with Crippen LogP contribution in [-0.2, 0) is 0 Å². The topological polar surface area (TPSA) is 26.3 Å². The summed E-state index contributed by atoms with van der Waals surface area (Å²) in [7, 11) is 1.46. The number of rotatable bonds is 3. The van der Waals surface area contributed by atoms with Crippen molar-refractivity contribution >= 4 is 17.4 Å². The Morgan fingerprint density at radius 1 is 1.26 bits per heavy atom. The van der Waals surface area contributed by atoms with E-state index in [9.17, 15) is 9.18 Å². The van der Waals surface area contributed by atoms with Gasteiger partial charge in [0, 0.05) is 5.56 Å². The summed E-state index contributed by atoms with van der Waals surface area (Å²) in [4.78, 5) is 12.3. The van der Waals surface area contributed by atoms with Gasteiger partial charge in [0.1, 0.15) is 11.6 Å². The van der Waals surface area contributed by atoms with Gasteiger partial charge in [0.25, 0.3) is 0 Å². The van der Waals surface area contributed by atoms with Crippen molar-refractivity contribution in [1.82, 2.24) is 0 Å². The minimum atomic E-state index is -0.499. The molecular formula is C15H12ClFO2. The molecule has 0 unspecified atom stereocenters. The molecule has 0 N–H and O–H groups in total. The van der Waals surface area contributed by atoms with E-state index in [0.29, 0.717) is 21.9 Å². The molecule has 0 spiro atoms. The summed E-state index contributed by atoms with van der Waals surface area (Å²) in [6.07, 6.45) is 0. The van der Waals surface area contributed by atoms with Crippen molar-refractivity contribution in [3.05, 3.63) is 63.9 Å². The van der Waals surface area contributed by atoms with Gasteiger partial charge in [0.2, 0.25) is 0 Å². The fourth-order valence-electron chi connectivity index (χ4n) is 1.78. The van der Waals surface area contributed by atoms with Crippen molar-refractivity contribution in [1.29, 1.82) is 0 Å². The van der Waals surface area contributed by atoms with Crippen molar-refractivity contribution in [3.8, 4) is 5.75 Å². The Labute approximate surface area is 115 Å². The van der Waals surface area contributed by atoms with Crippen molar-refractivity contribution in [2.75, 3.05) is 7.11 Å². The second-order valence-electron chi connectivity index (χ2n) is 4.11. The first-order valence-electron chi connectivity index (χ1n) is 5.68. The van der Waals surface area contributed by atoms with E-state index in [4.69, 9.17) is 16.3 Å². The van der Waals surface area contributed by atoms with E-state index >= 15 is 0 Å². The van der Waals surface area contributed by atoms with Gasteiger partial charge >= 0.3 is 0 Å². The summed E-state index contributed by atoms with van der Waals surface area (Å²) >= 11 is 5.89. The number of ketones is 1. The lowest BCUT2D eigenvalue weighted by Gasteiger charge is -2.07. The van der Waals surface area contributed by atoms with E-state index in [1.54, 1.807) is 31.2 Å². The monoisotopic (exact) mass is 278 g/mol. The zero-order chi connectivity index (χ0) is 14.0. The zero-order valence-electron chi connectivity index (χ0n) is 10.5. The summed E-state index contributed by atoms with van der Waals surface area (Å²) in [6.45, 7) is 1.62. The summed E-state index contributed by atoms with van der Waals surface area (Å²) in [5.41, 5.74) is 0.821. The molecule has 4 heteroatoms. The predicted octanol–water partition coefficient (Wildman–Crippen LogP) is 4.03.